The number of benzene rings is 2. The monoisotopic (exact) mass is 473 g/mol. The minimum absolute atomic E-state index is 0.258. The van der Waals surface area contributed by atoms with Crippen molar-refractivity contribution in [1.29, 1.82) is 0 Å². The van der Waals surface area contributed by atoms with Crippen LogP contribution >= 0.6 is 0 Å². The third-order valence-corrected chi connectivity index (χ3v) is 6.60. The smallest absolute Gasteiger partial charge is 0.326 e. The van der Waals surface area contributed by atoms with Gasteiger partial charge in [0, 0.05) is 48.0 Å². The lowest BCUT2D eigenvalue weighted by atomic mass is 9.89. The molecule has 2 aliphatic rings. The van der Waals surface area contributed by atoms with E-state index in [4.69, 9.17) is 5.21 Å². The molecule has 2 aromatic carbocycles. The van der Waals surface area contributed by atoms with E-state index in [1.54, 1.807) is 40.7 Å². The number of hydroxylamine groups is 1. The van der Waals surface area contributed by atoms with Crippen LogP contribution in [0.15, 0.2) is 55.1 Å². The molecule has 1 atom stereocenters. The molecule has 178 valence electrons. The van der Waals surface area contributed by atoms with Crippen molar-refractivity contribution < 1.29 is 24.4 Å². The van der Waals surface area contributed by atoms with Gasteiger partial charge in [-0.25, -0.2) is 10.3 Å². The number of nitrogens with one attached hydrogen (secondary N) is 2. The Morgan fingerprint density at radius 2 is 1.91 bits per heavy atom. The molecule has 3 heterocycles. The molecule has 2 aliphatic heterocycles. The van der Waals surface area contributed by atoms with Crippen LogP contribution in [0.4, 0.5) is 10.5 Å². The average Bonchev–Trinajstić information content (AvgIpc) is 3.18. The van der Waals surface area contributed by atoms with Gasteiger partial charge in [-0.3, -0.25) is 24.5 Å². The topological polar surface area (TPSA) is 124 Å². The summed E-state index contributed by atoms with van der Waals surface area (Å²) in [5.41, 5.74) is 5.98. The van der Waals surface area contributed by atoms with E-state index in [2.05, 4.69) is 16.5 Å². The number of nitrogens with zero attached hydrogens (tertiary/aromatic N) is 3. The van der Waals surface area contributed by atoms with E-state index < -0.39 is 11.8 Å². The average molecular weight is 473 g/mol. The first-order valence-corrected chi connectivity index (χ1v) is 11.0. The van der Waals surface area contributed by atoms with Crippen LogP contribution in [0.5, 0.6) is 0 Å². The zero-order valence-electron chi connectivity index (χ0n) is 18.9. The van der Waals surface area contributed by atoms with Crippen molar-refractivity contribution in [1.82, 2.24) is 19.8 Å². The standard InChI is InChI=1S/C25H23N5O5/c1-3-21(31)26-16-8-9-19-17(10-16)22-18-12-29(25(34)28(2)24(18)33)13-20(22)30(19)11-14-4-6-15(7-5-14)23(32)27-35/h3-10,18,35H,1,11-13H2,2H3,(H,26,31)(H,27,32)/t18-/m1/s1. The van der Waals surface area contributed by atoms with Gasteiger partial charge < -0.3 is 14.8 Å². The third-order valence-electron chi connectivity index (χ3n) is 6.60. The summed E-state index contributed by atoms with van der Waals surface area (Å²) >= 11 is 0. The van der Waals surface area contributed by atoms with Crippen molar-refractivity contribution in [3.63, 3.8) is 0 Å². The molecule has 10 heteroatoms. The van der Waals surface area contributed by atoms with E-state index >= 15 is 0 Å². The van der Waals surface area contributed by atoms with Crippen LogP contribution in [-0.4, -0.2) is 56.9 Å². The predicted molar refractivity (Wildman–Crippen MR) is 127 cm³/mol. The first-order chi connectivity index (χ1) is 16.8. The van der Waals surface area contributed by atoms with Crippen molar-refractivity contribution >= 4 is 40.3 Å². The summed E-state index contributed by atoms with van der Waals surface area (Å²) in [6, 6.07) is 12.0. The molecule has 35 heavy (non-hydrogen) atoms. The molecule has 3 N–H and O–H groups in total. The normalized spacial score (nSPS) is 16.8. The number of hydrogen-bond acceptors (Lipinski definition) is 5. The van der Waals surface area contributed by atoms with Gasteiger partial charge in [-0.2, -0.15) is 0 Å². The van der Waals surface area contributed by atoms with E-state index in [1.165, 1.54) is 13.1 Å². The zero-order valence-corrected chi connectivity index (χ0v) is 18.9. The van der Waals surface area contributed by atoms with Gasteiger partial charge in [-0.1, -0.05) is 18.7 Å². The van der Waals surface area contributed by atoms with E-state index in [-0.39, 0.29) is 17.8 Å². The van der Waals surface area contributed by atoms with Crippen LogP contribution in [0.3, 0.4) is 0 Å². The highest BCUT2D eigenvalue weighted by molar-refractivity contribution is 6.05. The highest BCUT2D eigenvalue weighted by atomic mass is 16.5. The van der Waals surface area contributed by atoms with E-state index in [0.717, 1.165) is 32.6 Å². The van der Waals surface area contributed by atoms with E-state index in [1.807, 2.05) is 12.1 Å². The maximum absolute atomic E-state index is 13.1. The van der Waals surface area contributed by atoms with Crippen LogP contribution in [0.2, 0.25) is 0 Å². The number of hydrogen-bond donors (Lipinski definition) is 3. The Morgan fingerprint density at radius 1 is 1.17 bits per heavy atom. The zero-order chi connectivity index (χ0) is 24.9. The lowest BCUT2D eigenvalue weighted by Gasteiger charge is -2.41. The number of urea groups is 1. The Bertz CT molecular complexity index is 1410. The third kappa shape index (κ3) is 3.64. The molecular weight excluding hydrogens is 450 g/mol. The number of imide groups is 1. The van der Waals surface area contributed by atoms with Crippen LogP contribution < -0.4 is 10.8 Å². The summed E-state index contributed by atoms with van der Waals surface area (Å²) in [4.78, 5) is 52.1. The minimum Gasteiger partial charge on any atom is -0.338 e. The molecule has 5 rings (SSSR count). The maximum Gasteiger partial charge on any atom is 0.326 e. The maximum atomic E-state index is 13.1. The molecule has 5 amide bonds. The fourth-order valence-electron chi connectivity index (χ4n) is 4.90. The first-order valence-electron chi connectivity index (χ1n) is 11.0. The number of carbonyl (C=O) groups is 4. The number of likely N-dealkylation sites (N-methyl/N-ethyl adjacent to an activating group) is 1. The Kier molecular flexibility index (Phi) is 5.37. The van der Waals surface area contributed by atoms with Gasteiger partial charge in [0.2, 0.25) is 11.8 Å². The highest BCUT2D eigenvalue weighted by Gasteiger charge is 2.44. The molecule has 2 bridgehead atoms. The highest BCUT2D eigenvalue weighted by Crippen LogP contribution is 2.41. The number of fused-ring (bicyclic) bond motifs is 6. The SMILES string of the molecule is C=CC(=O)Nc1ccc2c(c1)c1c(n2Cc2ccc(C(=O)NO)cc2)CN2C[C@H]1C(=O)N(C)C2=O. The Labute approximate surface area is 200 Å². The van der Waals surface area contributed by atoms with E-state index in [9.17, 15) is 19.2 Å². The molecule has 0 saturated carbocycles. The first kappa shape index (κ1) is 22.4. The summed E-state index contributed by atoms with van der Waals surface area (Å²) < 4.78 is 2.07. The van der Waals surface area contributed by atoms with Gasteiger partial charge in [0.25, 0.3) is 5.91 Å². The van der Waals surface area contributed by atoms with Crippen molar-refractivity contribution in [3.05, 3.63) is 77.5 Å². The van der Waals surface area contributed by atoms with Crippen molar-refractivity contribution in [2.45, 2.75) is 19.0 Å². The number of amides is 5. The lowest BCUT2D eigenvalue weighted by molar-refractivity contribution is -0.132. The van der Waals surface area contributed by atoms with Crippen molar-refractivity contribution in [2.24, 2.45) is 0 Å². The molecule has 1 saturated heterocycles. The van der Waals surface area contributed by atoms with Crippen LogP contribution in [0.1, 0.15) is 33.1 Å². The summed E-state index contributed by atoms with van der Waals surface area (Å²) in [6.07, 6.45) is 1.19. The lowest BCUT2D eigenvalue weighted by Crippen LogP contribution is -2.56. The molecule has 1 aromatic heterocycles. The molecule has 0 unspecified atom stereocenters. The van der Waals surface area contributed by atoms with Gasteiger partial charge >= 0.3 is 6.03 Å². The summed E-state index contributed by atoms with van der Waals surface area (Å²) in [6.45, 7) is 4.57. The fraction of sp³-hybridized carbons (Fsp3) is 0.200. The fourth-order valence-corrected chi connectivity index (χ4v) is 4.90. The quantitative estimate of drug-likeness (QED) is 0.298. The minimum atomic E-state index is -0.601. The van der Waals surface area contributed by atoms with Gasteiger partial charge in [-0.05, 0) is 47.5 Å². The van der Waals surface area contributed by atoms with Gasteiger partial charge in [0.1, 0.15) is 0 Å². The molecule has 1 fully saturated rings. The summed E-state index contributed by atoms with van der Waals surface area (Å²) in [5.74, 6) is -1.71. The van der Waals surface area contributed by atoms with Crippen molar-refractivity contribution in [3.8, 4) is 0 Å². The van der Waals surface area contributed by atoms with Gasteiger partial charge in [0.15, 0.2) is 0 Å². The Balaban J connectivity index is 1.64. The molecule has 3 aromatic rings. The number of rotatable bonds is 5. The molecular formula is C25H23N5O5. The van der Waals surface area contributed by atoms with Gasteiger partial charge in [-0.15, -0.1) is 0 Å². The Morgan fingerprint density at radius 3 is 2.60 bits per heavy atom. The number of anilines is 1. The van der Waals surface area contributed by atoms with E-state index in [0.29, 0.717) is 30.9 Å². The molecule has 0 spiro atoms. The van der Waals surface area contributed by atoms with Crippen molar-refractivity contribution in [2.75, 3.05) is 18.9 Å². The predicted octanol–water partition coefficient (Wildman–Crippen LogP) is 2.42. The van der Waals surface area contributed by atoms with Crippen LogP contribution in [0, 0.1) is 0 Å². The summed E-state index contributed by atoms with van der Waals surface area (Å²) in [7, 11) is 1.49. The second-order valence-corrected chi connectivity index (χ2v) is 8.62. The second-order valence-electron chi connectivity index (χ2n) is 8.62. The second kappa shape index (κ2) is 8.41. The number of aromatic nitrogens is 1. The molecule has 0 aliphatic carbocycles. The van der Waals surface area contributed by atoms with Gasteiger partial charge in [0.05, 0.1) is 12.5 Å². The van der Waals surface area contributed by atoms with Crippen LogP contribution in [-0.2, 0) is 22.7 Å². The largest absolute Gasteiger partial charge is 0.338 e. The van der Waals surface area contributed by atoms with Crippen LogP contribution in [0.25, 0.3) is 10.9 Å². The molecule has 0 radical (unpaired) electrons. The summed E-state index contributed by atoms with van der Waals surface area (Å²) in [5, 5.41) is 12.5. The Hall–Kier alpha value is -4.44. The molecule has 10 nitrogen and oxygen atoms in total. The number of carbonyl (C=O) groups excluding carboxylic acids is 4.